The Morgan fingerprint density at radius 2 is 0.719 bits per heavy atom. The average Bonchev–Trinajstić information content (AvgIpc) is 2.56. The molecule has 20 nitrogen and oxygen atoms in total. The van der Waals surface area contributed by atoms with Crippen LogP contribution in [0.4, 0.5) is 0 Å². The molecule has 0 bridgehead atoms. The first kappa shape index (κ1) is 57.2. The molecule has 202 valence electrons. The normalized spacial score (nSPS) is 7.00. The second-order valence-electron chi connectivity index (χ2n) is 3.68. The molecule has 0 unspecified atom stereocenters. The average molecular weight is 574 g/mol. The summed E-state index contributed by atoms with van der Waals surface area (Å²) in [5, 5.41) is 53.4. The summed E-state index contributed by atoms with van der Waals surface area (Å²) < 4.78 is 0. The zero-order valence-electron chi connectivity index (χ0n) is 16.7. The van der Waals surface area contributed by atoms with Crippen molar-refractivity contribution in [2.75, 3.05) is 52.4 Å². The number of carbonyl (C=O) groups excluding carboxylic acids is 2. The largest absolute Gasteiger partial charge is 2.00 e. The smallest absolute Gasteiger partial charge is 0.543 e. The van der Waals surface area contributed by atoms with Crippen LogP contribution in [-0.4, -0.2) is 74.5 Å². The first-order valence-corrected chi connectivity index (χ1v) is 7.21. The van der Waals surface area contributed by atoms with Crippen molar-refractivity contribution in [2.45, 2.75) is 0 Å². The Balaban J connectivity index is -0.0000000291. The molecule has 0 aliphatic carbocycles. The van der Waals surface area contributed by atoms with Crippen LogP contribution in [0.15, 0.2) is 0 Å². The minimum Gasteiger partial charge on any atom is -0.543 e. The summed E-state index contributed by atoms with van der Waals surface area (Å²) in [7, 11) is 0. The molecule has 0 aromatic carbocycles. The SMILES string of the molecule is NCCNCCN.NCCNCCN.O=C([O-])C(=O)[O-].O=[N+]([O-])[O-].O=[N+]([O-])[O-].[Ni+2].[Ni+2].[OH3+].[OH3+]. The van der Waals surface area contributed by atoms with Gasteiger partial charge >= 0.3 is 33.0 Å². The molecule has 0 saturated carbocycles. The van der Waals surface area contributed by atoms with Crippen molar-refractivity contribution in [3.8, 4) is 0 Å². The fraction of sp³-hybridized carbons (Fsp3) is 0.800. The minimum absolute atomic E-state index is 0. The molecule has 0 radical (unpaired) electrons. The van der Waals surface area contributed by atoms with E-state index in [4.69, 9.17) is 73.4 Å². The van der Waals surface area contributed by atoms with Crippen LogP contribution in [0.1, 0.15) is 0 Å². The molecule has 0 aromatic heterocycles. The molecule has 0 atom stereocenters. The van der Waals surface area contributed by atoms with Crippen molar-refractivity contribution in [1.82, 2.24) is 10.6 Å². The molecule has 0 spiro atoms. The predicted molar refractivity (Wildman–Crippen MR) is 102 cm³/mol. The molecular formula is C10H32N8Ni2O12+2. The van der Waals surface area contributed by atoms with Gasteiger partial charge in [-0.15, -0.1) is 0 Å². The van der Waals surface area contributed by atoms with Gasteiger partial charge in [0.2, 0.25) is 0 Å². The first-order valence-electron chi connectivity index (χ1n) is 7.21. The number of hydrogen-bond acceptors (Lipinski definition) is 16. The van der Waals surface area contributed by atoms with Crippen LogP contribution in [0.25, 0.3) is 0 Å². The number of carboxylic acids is 2. The van der Waals surface area contributed by atoms with E-state index in [-0.39, 0.29) is 43.9 Å². The van der Waals surface area contributed by atoms with E-state index in [9.17, 15) is 0 Å². The topological polar surface area (TPSA) is 407 Å². The van der Waals surface area contributed by atoms with Crippen molar-refractivity contribution < 1.29 is 73.9 Å². The maximum atomic E-state index is 8.93. The van der Waals surface area contributed by atoms with E-state index < -0.39 is 22.1 Å². The Morgan fingerprint density at radius 3 is 0.781 bits per heavy atom. The van der Waals surface area contributed by atoms with Gasteiger partial charge in [-0.3, -0.25) is 0 Å². The number of hydrogen-bond donors (Lipinski definition) is 6. The number of nitrogens with two attached hydrogens (primary N) is 4. The van der Waals surface area contributed by atoms with E-state index in [2.05, 4.69) is 10.6 Å². The molecule has 0 saturated heterocycles. The number of aliphatic carboxylic acids is 2. The third-order valence-corrected chi connectivity index (χ3v) is 1.45. The monoisotopic (exact) mass is 572 g/mol. The number of rotatable bonds is 8. The van der Waals surface area contributed by atoms with E-state index in [1.54, 1.807) is 0 Å². The van der Waals surface area contributed by atoms with Crippen LogP contribution in [0.2, 0.25) is 0 Å². The van der Waals surface area contributed by atoms with Crippen molar-refractivity contribution in [1.29, 1.82) is 0 Å². The van der Waals surface area contributed by atoms with Crippen LogP contribution in [0.5, 0.6) is 0 Å². The van der Waals surface area contributed by atoms with Gasteiger partial charge in [-0.2, -0.15) is 0 Å². The molecule has 0 amide bonds. The van der Waals surface area contributed by atoms with Crippen molar-refractivity contribution >= 4 is 11.9 Å². The Bertz CT molecular complexity index is 338. The Kier molecular flexibility index (Phi) is 102. The summed E-state index contributed by atoms with van der Waals surface area (Å²) in [6.07, 6.45) is 0. The molecular weight excluding hydrogens is 542 g/mol. The van der Waals surface area contributed by atoms with Gasteiger partial charge in [0.05, 0.1) is 22.1 Å². The summed E-state index contributed by atoms with van der Waals surface area (Å²) in [5.74, 6) is -4.37. The third kappa shape index (κ3) is 204. The summed E-state index contributed by atoms with van der Waals surface area (Å²) in [4.78, 5) is 34.4. The Morgan fingerprint density at radius 1 is 0.594 bits per heavy atom. The van der Waals surface area contributed by atoms with E-state index in [1.165, 1.54) is 0 Å². The van der Waals surface area contributed by atoms with Crippen LogP contribution in [0, 0.1) is 30.6 Å². The first-order chi connectivity index (χ1) is 12.9. The summed E-state index contributed by atoms with van der Waals surface area (Å²) in [6, 6.07) is 0. The second-order valence-corrected chi connectivity index (χ2v) is 3.68. The van der Waals surface area contributed by atoms with E-state index in [0.29, 0.717) is 26.2 Å². The second kappa shape index (κ2) is 56.8. The van der Waals surface area contributed by atoms with Gasteiger partial charge in [-0.05, 0) is 0 Å². The predicted octanol–water partition coefficient (Wildman–Crippen LogP) is -8.85. The number of nitrogens with zero attached hydrogens (tertiary/aromatic N) is 2. The van der Waals surface area contributed by atoms with Gasteiger partial charge in [0.15, 0.2) is 0 Å². The fourth-order valence-corrected chi connectivity index (χ4v) is 0.658. The molecule has 0 heterocycles. The van der Waals surface area contributed by atoms with Crippen LogP contribution in [-0.2, 0) is 53.5 Å². The molecule has 16 N–H and O–H groups in total. The van der Waals surface area contributed by atoms with Crippen molar-refractivity contribution in [3.63, 3.8) is 0 Å². The standard InChI is InChI=1S/2C4H13N3.C2H2O4.2NO3.2Ni.2H2O/c2*5-1-3-7-4-2-6;3-1(4)2(5)6;2*2-1(3)4;;;;/h2*7H,1-6H2;(H,3,4)(H,5,6);;;;;2*1H2/q;;;2*-1;2*+2;;. The Labute approximate surface area is 202 Å². The number of carbonyl (C=O) groups is 2. The molecule has 22 heteroatoms. The van der Waals surface area contributed by atoms with E-state index in [1.807, 2.05) is 0 Å². The molecule has 0 aliphatic heterocycles. The zero-order chi connectivity index (χ0) is 23.4. The van der Waals surface area contributed by atoms with Gasteiger partial charge in [0.1, 0.15) is 0 Å². The van der Waals surface area contributed by atoms with Crippen molar-refractivity contribution in [3.05, 3.63) is 30.6 Å². The third-order valence-electron chi connectivity index (χ3n) is 1.45. The van der Waals surface area contributed by atoms with Gasteiger partial charge in [0.25, 0.3) is 0 Å². The van der Waals surface area contributed by atoms with Gasteiger partial charge in [-0.25, -0.2) is 0 Å². The molecule has 0 aromatic rings. The number of carboxylic acid groups (broad SMARTS) is 2. The van der Waals surface area contributed by atoms with Gasteiger partial charge in [-0.1, -0.05) is 0 Å². The molecule has 32 heavy (non-hydrogen) atoms. The van der Waals surface area contributed by atoms with Crippen LogP contribution in [0.3, 0.4) is 0 Å². The minimum atomic E-state index is -2.19. The molecule has 0 rings (SSSR count). The molecule has 0 aliphatic rings. The maximum Gasteiger partial charge on any atom is 2.00 e. The van der Waals surface area contributed by atoms with Crippen LogP contribution >= 0.6 is 0 Å². The zero-order valence-corrected chi connectivity index (χ0v) is 18.7. The quantitative estimate of drug-likeness (QED) is 0.0391. The van der Waals surface area contributed by atoms with Gasteiger partial charge in [0, 0.05) is 52.4 Å². The van der Waals surface area contributed by atoms with E-state index in [0.717, 1.165) is 26.2 Å². The van der Waals surface area contributed by atoms with E-state index >= 15 is 0 Å². The Hall–Kier alpha value is -1.99. The summed E-state index contributed by atoms with van der Waals surface area (Å²) in [5.41, 5.74) is 20.7. The molecule has 0 fully saturated rings. The fourth-order valence-electron chi connectivity index (χ4n) is 0.658. The number of nitrogens with one attached hydrogen (secondary N) is 2. The van der Waals surface area contributed by atoms with Gasteiger partial charge < -0.3 is 95.0 Å². The van der Waals surface area contributed by atoms with Crippen LogP contribution < -0.4 is 43.8 Å². The van der Waals surface area contributed by atoms with Crippen molar-refractivity contribution in [2.24, 2.45) is 22.9 Å². The maximum absolute atomic E-state index is 8.93. The summed E-state index contributed by atoms with van der Waals surface area (Å²) >= 11 is 0. The summed E-state index contributed by atoms with van der Waals surface area (Å²) in [6.45, 7) is 6.27.